The lowest BCUT2D eigenvalue weighted by Crippen LogP contribution is -2.25. The molecule has 0 saturated carbocycles. The SMILES string of the molecule is Cc1ccc(C=NNC(=O)COc2ccc(C(C)(C)CC(C)(C)C)cc2)s1. The summed E-state index contributed by atoms with van der Waals surface area (Å²) in [6, 6.07) is 12.0. The highest BCUT2D eigenvalue weighted by Gasteiger charge is 2.27. The smallest absolute Gasteiger partial charge is 0.277 e. The van der Waals surface area contributed by atoms with Gasteiger partial charge in [0, 0.05) is 9.75 Å². The first-order chi connectivity index (χ1) is 12.5. The van der Waals surface area contributed by atoms with Crippen molar-refractivity contribution in [3.8, 4) is 5.75 Å². The third-order valence-electron chi connectivity index (χ3n) is 4.12. The second-order valence-corrected chi connectivity index (χ2v) is 10.00. The van der Waals surface area contributed by atoms with Crippen molar-refractivity contribution in [3.05, 3.63) is 51.7 Å². The number of rotatable bonds is 7. The van der Waals surface area contributed by atoms with Gasteiger partial charge in [0.05, 0.1) is 6.21 Å². The van der Waals surface area contributed by atoms with Gasteiger partial charge in [-0.25, -0.2) is 5.43 Å². The van der Waals surface area contributed by atoms with Crippen molar-refractivity contribution in [2.75, 3.05) is 6.61 Å². The molecule has 4 nitrogen and oxygen atoms in total. The topological polar surface area (TPSA) is 50.7 Å². The van der Waals surface area contributed by atoms with E-state index in [-0.39, 0.29) is 23.3 Å². The van der Waals surface area contributed by atoms with Gasteiger partial charge in [0.15, 0.2) is 6.61 Å². The van der Waals surface area contributed by atoms with E-state index in [0.717, 1.165) is 11.3 Å². The second kappa shape index (κ2) is 8.70. The van der Waals surface area contributed by atoms with Crippen molar-refractivity contribution in [2.45, 2.75) is 53.4 Å². The van der Waals surface area contributed by atoms with E-state index in [1.54, 1.807) is 17.6 Å². The molecule has 0 spiro atoms. The van der Waals surface area contributed by atoms with Crippen LogP contribution in [0.15, 0.2) is 41.5 Å². The quantitative estimate of drug-likeness (QED) is 0.518. The van der Waals surface area contributed by atoms with Crippen molar-refractivity contribution in [3.63, 3.8) is 0 Å². The number of hydrogen-bond acceptors (Lipinski definition) is 4. The number of nitrogens with one attached hydrogen (secondary N) is 1. The number of amides is 1. The Kier molecular flexibility index (Phi) is 6.82. The summed E-state index contributed by atoms with van der Waals surface area (Å²) in [7, 11) is 0. The Labute approximate surface area is 166 Å². The number of hydrogen-bond donors (Lipinski definition) is 1. The van der Waals surface area contributed by atoms with Gasteiger partial charge in [-0.2, -0.15) is 5.10 Å². The molecule has 1 N–H and O–H groups in total. The predicted octanol–water partition coefficient (Wildman–Crippen LogP) is 5.30. The summed E-state index contributed by atoms with van der Waals surface area (Å²) < 4.78 is 5.56. The summed E-state index contributed by atoms with van der Waals surface area (Å²) >= 11 is 1.62. The summed E-state index contributed by atoms with van der Waals surface area (Å²) in [5.41, 5.74) is 4.10. The molecule has 27 heavy (non-hydrogen) atoms. The minimum absolute atomic E-state index is 0.0639. The lowest BCUT2D eigenvalue weighted by Gasteiger charge is -2.33. The Morgan fingerprint density at radius 3 is 2.33 bits per heavy atom. The van der Waals surface area contributed by atoms with Crippen LogP contribution in [0.1, 0.15) is 56.4 Å². The fourth-order valence-electron chi connectivity index (χ4n) is 3.30. The average molecular weight is 387 g/mol. The van der Waals surface area contributed by atoms with Crippen molar-refractivity contribution in [2.24, 2.45) is 10.5 Å². The zero-order valence-corrected chi connectivity index (χ0v) is 17.9. The fourth-order valence-corrected chi connectivity index (χ4v) is 4.05. The number of carbonyl (C=O) groups excluding carboxylic acids is 1. The van der Waals surface area contributed by atoms with Gasteiger partial charge in [-0.3, -0.25) is 4.79 Å². The van der Waals surface area contributed by atoms with Gasteiger partial charge in [-0.15, -0.1) is 11.3 Å². The fraction of sp³-hybridized carbons (Fsp3) is 0.455. The summed E-state index contributed by atoms with van der Waals surface area (Å²) in [6.45, 7) is 13.3. The lowest BCUT2D eigenvalue weighted by molar-refractivity contribution is -0.123. The van der Waals surface area contributed by atoms with Crippen LogP contribution in [0.5, 0.6) is 5.75 Å². The molecule has 1 aromatic heterocycles. The molecule has 1 amide bonds. The number of aryl methyl sites for hydroxylation is 1. The predicted molar refractivity (Wildman–Crippen MR) is 114 cm³/mol. The highest BCUT2D eigenvalue weighted by atomic mass is 32.1. The Hall–Kier alpha value is -2.14. The molecule has 146 valence electrons. The molecule has 0 bridgehead atoms. The van der Waals surface area contributed by atoms with Crippen LogP contribution in [0.25, 0.3) is 0 Å². The molecule has 0 aliphatic carbocycles. The van der Waals surface area contributed by atoms with E-state index < -0.39 is 0 Å². The first-order valence-corrected chi connectivity index (χ1v) is 9.98. The molecule has 1 aromatic carbocycles. The van der Waals surface area contributed by atoms with Crippen LogP contribution in [0.2, 0.25) is 0 Å². The van der Waals surface area contributed by atoms with Gasteiger partial charge in [-0.1, -0.05) is 46.8 Å². The Bertz CT molecular complexity index is 783. The Balaban J connectivity index is 1.84. The van der Waals surface area contributed by atoms with Crippen LogP contribution >= 0.6 is 11.3 Å². The van der Waals surface area contributed by atoms with Gasteiger partial charge in [-0.05, 0) is 54.0 Å². The summed E-state index contributed by atoms with van der Waals surface area (Å²) in [4.78, 5) is 14.1. The van der Waals surface area contributed by atoms with Gasteiger partial charge in [0.2, 0.25) is 0 Å². The van der Waals surface area contributed by atoms with Crippen LogP contribution in [0.4, 0.5) is 0 Å². The molecule has 0 radical (unpaired) electrons. The highest BCUT2D eigenvalue weighted by Crippen LogP contribution is 2.36. The molecule has 0 aliphatic rings. The van der Waals surface area contributed by atoms with E-state index in [4.69, 9.17) is 4.74 Å². The second-order valence-electron chi connectivity index (χ2n) is 8.68. The molecule has 2 rings (SSSR count). The average Bonchev–Trinajstić information content (AvgIpc) is 2.96. The van der Waals surface area contributed by atoms with Crippen molar-refractivity contribution in [1.29, 1.82) is 0 Å². The maximum atomic E-state index is 11.8. The monoisotopic (exact) mass is 386 g/mol. The van der Waals surface area contributed by atoms with Crippen LogP contribution in [-0.2, 0) is 10.2 Å². The zero-order valence-electron chi connectivity index (χ0n) is 17.1. The third-order valence-corrected chi connectivity index (χ3v) is 5.06. The highest BCUT2D eigenvalue weighted by molar-refractivity contribution is 7.13. The van der Waals surface area contributed by atoms with Gasteiger partial charge < -0.3 is 4.74 Å². The molecule has 0 unspecified atom stereocenters. The van der Waals surface area contributed by atoms with Crippen LogP contribution < -0.4 is 10.2 Å². The van der Waals surface area contributed by atoms with E-state index in [1.165, 1.54) is 10.4 Å². The van der Waals surface area contributed by atoms with Gasteiger partial charge in [0.25, 0.3) is 5.91 Å². The first-order valence-electron chi connectivity index (χ1n) is 9.17. The molecular weight excluding hydrogens is 356 g/mol. The van der Waals surface area contributed by atoms with Crippen LogP contribution in [0, 0.1) is 12.3 Å². The molecule has 0 atom stereocenters. The molecule has 0 aliphatic heterocycles. The number of benzene rings is 1. The molecule has 1 heterocycles. The standard InChI is InChI=1S/C22H30N2O2S/c1-16-7-12-19(27-16)13-23-24-20(25)14-26-18-10-8-17(9-11-18)22(5,6)15-21(2,3)4/h7-13H,14-15H2,1-6H3,(H,24,25). The summed E-state index contributed by atoms with van der Waals surface area (Å²) in [6.07, 6.45) is 2.73. The summed E-state index contributed by atoms with van der Waals surface area (Å²) in [5.74, 6) is 0.398. The van der Waals surface area contributed by atoms with Crippen LogP contribution in [0.3, 0.4) is 0 Å². The van der Waals surface area contributed by atoms with E-state index in [2.05, 4.69) is 57.3 Å². The number of nitrogens with zero attached hydrogens (tertiary/aromatic N) is 1. The van der Waals surface area contributed by atoms with Gasteiger partial charge >= 0.3 is 0 Å². The van der Waals surface area contributed by atoms with Gasteiger partial charge in [0.1, 0.15) is 5.75 Å². The maximum Gasteiger partial charge on any atom is 0.277 e. The molecular formula is C22H30N2O2S. The maximum absolute atomic E-state index is 11.8. The van der Waals surface area contributed by atoms with E-state index in [0.29, 0.717) is 5.75 Å². The van der Waals surface area contributed by atoms with Crippen molar-refractivity contribution < 1.29 is 9.53 Å². The van der Waals surface area contributed by atoms with Crippen molar-refractivity contribution in [1.82, 2.24) is 5.43 Å². The normalized spacial score (nSPS) is 12.4. The molecule has 0 saturated heterocycles. The third kappa shape index (κ3) is 7.18. The first kappa shape index (κ1) is 21.2. The van der Waals surface area contributed by atoms with Crippen molar-refractivity contribution >= 4 is 23.5 Å². The Morgan fingerprint density at radius 2 is 1.78 bits per heavy atom. The molecule has 5 heteroatoms. The minimum atomic E-state index is -0.281. The molecule has 0 fully saturated rings. The summed E-state index contributed by atoms with van der Waals surface area (Å²) in [5, 5.41) is 3.95. The van der Waals surface area contributed by atoms with E-state index in [1.807, 2.05) is 31.2 Å². The Morgan fingerprint density at radius 1 is 1.11 bits per heavy atom. The minimum Gasteiger partial charge on any atom is -0.484 e. The zero-order chi connectivity index (χ0) is 20.1. The van der Waals surface area contributed by atoms with Crippen LogP contribution in [-0.4, -0.2) is 18.7 Å². The van der Waals surface area contributed by atoms with E-state index >= 15 is 0 Å². The molecule has 2 aromatic rings. The number of ether oxygens (including phenoxy) is 1. The number of carbonyl (C=O) groups is 1. The number of hydrazone groups is 1. The lowest BCUT2D eigenvalue weighted by atomic mass is 9.72. The van der Waals surface area contributed by atoms with E-state index in [9.17, 15) is 4.79 Å². The number of thiophene rings is 1. The largest absolute Gasteiger partial charge is 0.484 e.